The summed E-state index contributed by atoms with van der Waals surface area (Å²) in [5.41, 5.74) is 0. The van der Waals surface area contributed by atoms with E-state index in [0.29, 0.717) is 18.9 Å². The fraction of sp³-hybridized carbons (Fsp3) is 0.933. The zero-order valence-corrected chi connectivity index (χ0v) is 16.1. The van der Waals surface area contributed by atoms with Gasteiger partial charge in [0.1, 0.15) is 5.78 Å². The molecule has 0 radical (unpaired) electrons. The second-order valence-electron chi connectivity index (χ2n) is 5.91. The van der Waals surface area contributed by atoms with E-state index in [4.69, 9.17) is 13.3 Å². The van der Waals surface area contributed by atoms with Crippen molar-refractivity contribution in [2.45, 2.75) is 49.8 Å². The van der Waals surface area contributed by atoms with Crippen molar-refractivity contribution in [1.82, 2.24) is 4.90 Å². The minimum Gasteiger partial charge on any atom is -0.377 e. The summed E-state index contributed by atoms with van der Waals surface area (Å²) in [6.45, 7) is 3.21. The Kier molecular flexibility index (Phi) is 9.86. The third-order valence-corrected chi connectivity index (χ3v) is 7.43. The Morgan fingerprint density at radius 1 is 1.14 bits per heavy atom. The Balaban J connectivity index is 2.21. The predicted octanol–water partition coefficient (Wildman–Crippen LogP) is 2.39. The first-order valence-electron chi connectivity index (χ1n) is 8.13. The van der Waals surface area contributed by atoms with E-state index in [2.05, 4.69) is 17.5 Å². The largest absolute Gasteiger partial charge is 0.500 e. The first-order valence-corrected chi connectivity index (χ1v) is 10.6. The van der Waals surface area contributed by atoms with E-state index >= 15 is 0 Å². The van der Waals surface area contributed by atoms with E-state index in [1.807, 2.05) is 0 Å². The number of carbonyl (C=O) groups is 1. The maximum Gasteiger partial charge on any atom is 0.500 e. The number of nitrogens with zero attached hydrogens (tertiary/aromatic N) is 1. The van der Waals surface area contributed by atoms with E-state index in [0.717, 1.165) is 26.1 Å². The zero-order valence-electron chi connectivity index (χ0n) is 14.2. The Hall–Kier alpha value is 0.0769. The van der Waals surface area contributed by atoms with Gasteiger partial charge in [-0.1, -0.05) is 6.42 Å². The first kappa shape index (κ1) is 20.1. The van der Waals surface area contributed by atoms with Crippen LogP contribution in [0, 0.1) is 0 Å². The lowest BCUT2D eigenvalue weighted by atomic mass is 10.1. The van der Waals surface area contributed by atoms with Gasteiger partial charge in [-0.3, -0.25) is 4.79 Å². The number of rotatable bonds is 11. The van der Waals surface area contributed by atoms with Crippen LogP contribution in [0.15, 0.2) is 0 Å². The lowest BCUT2D eigenvalue weighted by molar-refractivity contribution is -0.119. The highest BCUT2D eigenvalue weighted by atomic mass is 32.1. The summed E-state index contributed by atoms with van der Waals surface area (Å²) in [5, 5.41) is 0.139. The quantitative estimate of drug-likeness (QED) is 0.458. The monoisotopic (exact) mass is 349 g/mol. The van der Waals surface area contributed by atoms with Crippen molar-refractivity contribution in [3.8, 4) is 0 Å². The predicted molar refractivity (Wildman–Crippen MR) is 93.5 cm³/mol. The normalized spacial score (nSPS) is 18.4. The van der Waals surface area contributed by atoms with Crippen molar-refractivity contribution in [2.24, 2.45) is 0 Å². The van der Waals surface area contributed by atoms with Gasteiger partial charge in [0, 0.05) is 52.0 Å². The number of hydrogen-bond acceptors (Lipinski definition) is 6. The number of hydrogen-bond donors (Lipinski definition) is 1. The molecule has 0 spiro atoms. The van der Waals surface area contributed by atoms with Gasteiger partial charge in [0.25, 0.3) is 0 Å². The first-order chi connectivity index (χ1) is 10.5. The SMILES string of the molecule is CO[Si](CCCC(=O)CC(S)CN1CCCCC1)(OC)OC. The van der Waals surface area contributed by atoms with Crippen LogP contribution in [0.1, 0.15) is 38.5 Å². The van der Waals surface area contributed by atoms with Gasteiger partial charge in [0.2, 0.25) is 0 Å². The summed E-state index contributed by atoms with van der Waals surface area (Å²) in [6, 6.07) is 0.672. The van der Waals surface area contributed by atoms with Crippen LogP contribution < -0.4 is 0 Å². The van der Waals surface area contributed by atoms with Crippen LogP contribution >= 0.6 is 12.6 Å². The van der Waals surface area contributed by atoms with Crippen LogP contribution in [-0.2, 0) is 18.1 Å². The molecule has 0 aromatic carbocycles. The summed E-state index contributed by atoms with van der Waals surface area (Å²) in [4.78, 5) is 14.5. The Morgan fingerprint density at radius 2 is 1.73 bits per heavy atom. The van der Waals surface area contributed by atoms with Crippen molar-refractivity contribution >= 4 is 27.2 Å². The molecule has 0 N–H and O–H groups in total. The van der Waals surface area contributed by atoms with Gasteiger partial charge in [-0.25, -0.2) is 0 Å². The van der Waals surface area contributed by atoms with Crippen molar-refractivity contribution in [3.05, 3.63) is 0 Å². The molecule has 5 nitrogen and oxygen atoms in total. The van der Waals surface area contributed by atoms with E-state index in [9.17, 15) is 4.79 Å². The third-order valence-electron chi connectivity index (χ3n) is 4.25. The molecule has 0 amide bonds. The number of carbonyl (C=O) groups excluding carboxylic acids is 1. The Morgan fingerprint density at radius 3 is 2.27 bits per heavy atom. The van der Waals surface area contributed by atoms with Gasteiger partial charge in [0.05, 0.1) is 0 Å². The highest BCUT2D eigenvalue weighted by Gasteiger charge is 2.37. The molecule has 1 aliphatic rings. The summed E-state index contributed by atoms with van der Waals surface area (Å²) in [5.74, 6) is 0.267. The molecule has 0 bridgehead atoms. The maximum absolute atomic E-state index is 12.1. The molecule has 1 unspecified atom stereocenters. The fourth-order valence-corrected chi connectivity index (χ4v) is 5.08. The molecule has 1 rings (SSSR count). The van der Waals surface area contributed by atoms with Crippen molar-refractivity contribution in [1.29, 1.82) is 0 Å². The average molecular weight is 350 g/mol. The van der Waals surface area contributed by atoms with Crippen LogP contribution in [0.4, 0.5) is 0 Å². The van der Waals surface area contributed by atoms with E-state index < -0.39 is 8.80 Å². The number of thiol groups is 1. The van der Waals surface area contributed by atoms with E-state index in [-0.39, 0.29) is 11.0 Å². The van der Waals surface area contributed by atoms with Crippen molar-refractivity contribution < 1.29 is 18.1 Å². The maximum atomic E-state index is 12.1. The van der Waals surface area contributed by atoms with Crippen LogP contribution in [0.2, 0.25) is 6.04 Å². The lowest BCUT2D eigenvalue weighted by Gasteiger charge is -2.28. The standard InChI is InChI=1S/C15H31NO4SSi/c1-18-22(19-2,20-3)11-7-8-14(17)12-15(21)13-16-9-5-4-6-10-16/h15,21H,4-13H2,1-3H3. The molecule has 0 saturated carbocycles. The molecule has 130 valence electrons. The number of piperidine rings is 1. The van der Waals surface area contributed by atoms with E-state index in [1.54, 1.807) is 21.3 Å². The van der Waals surface area contributed by atoms with Crippen LogP contribution in [0.25, 0.3) is 0 Å². The summed E-state index contributed by atoms with van der Waals surface area (Å²) in [7, 11) is 2.26. The Labute approximate surface area is 141 Å². The number of likely N-dealkylation sites (tertiary alicyclic amines) is 1. The van der Waals surface area contributed by atoms with Crippen molar-refractivity contribution in [3.63, 3.8) is 0 Å². The molecule has 1 aliphatic heterocycles. The van der Waals surface area contributed by atoms with Gasteiger partial charge in [-0.15, -0.1) is 0 Å². The van der Waals surface area contributed by atoms with Crippen molar-refractivity contribution in [2.75, 3.05) is 41.0 Å². The number of ketones is 1. The van der Waals surface area contributed by atoms with Gasteiger partial charge < -0.3 is 18.2 Å². The van der Waals surface area contributed by atoms with Gasteiger partial charge in [-0.05, 0) is 32.4 Å². The smallest absolute Gasteiger partial charge is 0.377 e. The molecule has 22 heavy (non-hydrogen) atoms. The van der Waals surface area contributed by atoms with Gasteiger partial charge >= 0.3 is 8.80 Å². The Bertz CT molecular complexity index is 314. The topological polar surface area (TPSA) is 48.0 Å². The van der Waals surface area contributed by atoms with Crippen LogP contribution in [0.5, 0.6) is 0 Å². The minimum absolute atomic E-state index is 0.139. The minimum atomic E-state index is -2.54. The summed E-state index contributed by atoms with van der Waals surface area (Å²) >= 11 is 4.59. The van der Waals surface area contributed by atoms with Crippen LogP contribution in [0.3, 0.4) is 0 Å². The van der Waals surface area contributed by atoms with Crippen LogP contribution in [-0.4, -0.2) is 65.7 Å². The number of Topliss-reactive ketones (excluding diaryl/α,β-unsaturated/α-hetero) is 1. The lowest BCUT2D eigenvalue weighted by Crippen LogP contribution is -2.42. The molecule has 1 atom stereocenters. The van der Waals surface area contributed by atoms with E-state index in [1.165, 1.54) is 19.3 Å². The molecular weight excluding hydrogens is 318 g/mol. The molecular formula is C15H31NO4SSi. The third kappa shape index (κ3) is 7.10. The second kappa shape index (κ2) is 10.8. The molecule has 7 heteroatoms. The molecule has 0 aliphatic carbocycles. The highest BCUT2D eigenvalue weighted by molar-refractivity contribution is 7.81. The summed E-state index contributed by atoms with van der Waals surface area (Å²) in [6.07, 6.45) is 5.70. The molecule has 1 saturated heterocycles. The molecule has 0 aromatic heterocycles. The molecule has 1 heterocycles. The second-order valence-corrected chi connectivity index (χ2v) is 9.73. The fourth-order valence-electron chi connectivity index (χ4n) is 2.93. The zero-order chi connectivity index (χ0) is 16.4. The highest BCUT2D eigenvalue weighted by Crippen LogP contribution is 2.18. The summed E-state index contributed by atoms with van der Waals surface area (Å²) < 4.78 is 16.1. The van der Waals surface area contributed by atoms with Gasteiger partial charge in [-0.2, -0.15) is 12.6 Å². The average Bonchev–Trinajstić information content (AvgIpc) is 2.53. The molecule has 0 aromatic rings. The van der Waals surface area contributed by atoms with Gasteiger partial charge in [0.15, 0.2) is 0 Å². The molecule has 1 fully saturated rings.